The highest BCUT2D eigenvalue weighted by Crippen LogP contribution is 2.38. The van der Waals surface area contributed by atoms with Crippen molar-refractivity contribution < 1.29 is 9.53 Å². The summed E-state index contributed by atoms with van der Waals surface area (Å²) < 4.78 is 5.55. The SMILES string of the molecule is COc1cccc(C2(CNC(=O)Nc3c(C(C)C)cc(N)cc3C(C)C)CCN(c3ccccc3)CC2)c1. The van der Waals surface area contributed by atoms with Gasteiger partial charge in [-0.25, -0.2) is 4.79 Å². The van der Waals surface area contributed by atoms with E-state index in [0.717, 1.165) is 54.2 Å². The van der Waals surface area contributed by atoms with Gasteiger partial charge in [-0.05, 0) is 77.8 Å². The molecule has 2 amide bonds. The third-order valence-corrected chi connectivity index (χ3v) is 7.82. The van der Waals surface area contributed by atoms with Gasteiger partial charge in [0.15, 0.2) is 0 Å². The maximum Gasteiger partial charge on any atom is 0.319 e. The summed E-state index contributed by atoms with van der Waals surface area (Å²) in [7, 11) is 1.70. The number of anilines is 3. The van der Waals surface area contributed by atoms with Crippen molar-refractivity contribution in [3.05, 3.63) is 83.4 Å². The first-order valence-corrected chi connectivity index (χ1v) is 13.6. The third-order valence-electron chi connectivity index (χ3n) is 7.82. The molecule has 0 bridgehead atoms. The van der Waals surface area contributed by atoms with E-state index in [2.05, 4.69) is 79.6 Å². The Bertz CT molecular complexity index is 1200. The van der Waals surface area contributed by atoms with Crippen LogP contribution < -0.4 is 26.0 Å². The Labute approximate surface area is 227 Å². The molecule has 1 aliphatic heterocycles. The predicted octanol–water partition coefficient (Wildman–Crippen LogP) is 6.88. The van der Waals surface area contributed by atoms with Gasteiger partial charge in [0.1, 0.15) is 5.75 Å². The Morgan fingerprint density at radius 1 is 0.947 bits per heavy atom. The molecule has 0 radical (unpaired) electrons. The standard InChI is InChI=1S/C32H42N4O2/c1-22(2)28-19-25(33)20-29(23(3)4)30(28)35-31(37)34-21-32(24-10-9-13-27(18-24)38-5)14-16-36(17-15-32)26-11-7-6-8-12-26/h6-13,18-20,22-23H,14-17,21,33H2,1-5H3,(H2,34,35,37). The topological polar surface area (TPSA) is 79.6 Å². The monoisotopic (exact) mass is 514 g/mol. The van der Waals surface area contributed by atoms with Crippen molar-refractivity contribution in [1.82, 2.24) is 5.32 Å². The zero-order valence-corrected chi connectivity index (χ0v) is 23.4. The molecule has 1 fully saturated rings. The van der Waals surface area contributed by atoms with Crippen LogP contribution in [0.1, 0.15) is 69.1 Å². The molecule has 0 spiro atoms. The fourth-order valence-corrected chi connectivity index (χ4v) is 5.53. The van der Waals surface area contributed by atoms with Crippen LogP contribution in [0, 0.1) is 0 Å². The summed E-state index contributed by atoms with van der Waals surface area (Å²) in [6, 6.07) is 22.6. The highest BCUT2D eigenvalue weighted by atomic mass is 16.5. The van der Waals surface area contributed by atoms with Crippen molar-refractivity contribution in [3.63, 3.8) is 0 Å². The first kappa shape index (κ1) is 27.4. The van der Waals surface area contributed by atoms with Gasteiger partial charge in [-0.3, -0.25) is 0 Å². The van der Waals surface area contributed by atoms with E-state index in [4.69, 9.17) is 10.5 Å². The molecule has 3 aromatic rings. The molecule has 1 saturated heterocycles. The summed E-state index contributed by atoms with van der Waals surface area (Å²) in [4.78, 5) is 15.8. The number of hydrogen-bond donors (Lipinski definition) is 3. The maximum absolute atomic E-state index is 13.4. The fraction of sp³-hybridized carbons (Fsp3) is 0.406. The minimum atomic E-state index is -0.194. The van der Waals surface area contributed by atoms with Gasteiger partial charge in [0, 0.05) is 42.1 Å². The minimum absolute atomic E-state index is 0.189. The molecular weight excluding hydrogens is 472 g/mol. The predicted molar refractivity (Wildman–Crippen MR) is 159 cm³/mol. The summed E-state index contributed by atoms with van der Waals surface area (Å²) in [6.45, 7) is 10.9. The summed E-state index contributed by atoms with van der Waals surface area (Å²) >= 11 is 0. The lowest BCUT2D eigenvalue weighted by Crippen LogP contribution is -2.49. The van der Waals surface area contributed by atoms with Crippen LogP contribution in [0.2, 0.25) is 0 Å². The number of carbonyl (C=O) groups excluding carboxylic acids is 1. The average molecular weight is 515 g/mol. The van der Waals surface area contributed by atoms with E-state index < -0.39 is 0 Å². The van der Waals surface area contributed by atoms with Crippen molar-refractivity contribution in [2.45, 2.75) is 57.8 Å². The second-order valence-corrected chi connectivity index (χ2v) is 11.0. The van der Waals surface area contributed by atoms with E-state index in [0.29, 0.717) is 6.54 Å². The van der Waals surface area contributed by atoms with Crippen LogP contribution in [0.3, 0.4) is 0 Å². The van der Waals surface area contributed by atoms with Crippen LogP contribution in [0.15, 0.2) is 66.7 Å². The number of nitrogens with one attached hydrogen (secondary N) is 2. The molecule has 1 aliphatic rings. The van der Waals surface area contributed by atoms with E-state index in [1.807, 2.05) is 30.3 Å². The lowest BCUT2D eigenvalue weighted by molar-refractivity contribution is 0.244. The lowest BCUT2D eigenvalue weighted by Gasteiger charge is -2.43. The number of nitrogens with two attached hydrogens (primary N) is 1. The minimum Gasteiger partial charge on any atom is -0.497 e. The number of benzene rings is 3. The molecule has 202 valence electrons. The molecule has 3 aromatic carbocycles. The molecule has 0 atom stereocenters. The zero-order chi connectivity index (χ0) is 27.3. The Hall–Kier alpha value is -3.67. The number of methoxy groups -OCH3 is 1. The molecule has 6 heteroatoms. The van der Waals surface area contributed by atoms with Crippen molar-refractivity contribution in [3.8, 4) is 5.75 Å². The first-order chi connectivity index (χ1) is 18.2. The third kappa shape index (κ3) is 6.07. The van der Waals surface area contributed by atoms with Gasteiger partial charge in [0.25, 0.3) is 0 Å². The molecule has 4 rings (SSSR count). The number of urea groups is 1. The van der Waals surface area contributed by atoms with E-state index in [9.17, 15) is 4.79 Å². The number of amides is 2. The number of piperidine rings is 1. The summed E-state index contributed by atoms with van der Waals surface area (Å²) in [5.74, 6) is 1.30. The Morgan fingerprint density at radius 3 is 2.16 bits per heavy atom. The van der Waals surface area contributed by atoms with E-state index in [1.165, 1.54) is 11.3 Å². The van der Waals surface area contributed by atoms with Gasteiger partial charge in [-0.2, -0.15) is 0 Å². The number of ether oxygens (including phenoxy) is 1. The van der Waals surface area contributed by atoms with Crippen LogP contribution in [0.5, 0.6) is 5.75 Å². The Balaban J connectivity index is 1.56. The summed E-state index contributed by atoms with van der Waals surface area (Å²) in [5.41, 5.74) is 12.2. The van der Waals surface area contributed by atoms with Gasteiger partial charge >= 0.3 is 6.03 Å². The van der Waals surface area contributed by atoms with Crippen LogP contribution in [-0.4, -0.2) is 32.8 Å². The highest BCUT2D eigenvalue weighted by molar-refractivity contribution is 5.92. The lowest BCUT2D eigenvalue weighted by atomic mass is 9.72. The van der Waals surface area contributed by atoms with Gasteiger partial charge in [0.2, 0.25) is 0 Å². The molecule has 38 heavy (non-hydrogen) atoms. The molecule has 1 heterocycles. The Morgan fingerprint density at radius 2 is 1.58 bits per heavy atom. The molecule has 0 unspecified atom stereocenters. The number of carbonyl (C=O) groups is 1. The summed E-state index contributed by atoms with van der Waals surface area (Å²) in [5, 5.41) is 6.43. The zero-order valence-electron chi connectivity index (χ0n) is 23.4. The van der Waals surface area contributed by atoms with E-state index >= 15 is 0 Å². The average Bonchev–Trinajstić information content (AvgIpc) is 2.93. The highest BCUT2D eigenvalue weighted by Gasteiger charge is 2.37. The maximum atomic E-state index is 13.4. The quantitative estimate of drug-likeness (QED) is 0.286. The van der Waals surface area contributed by atoms with Crippen molar-refractivity contribution in [2.24, 2.45) is 0 Å². The molecule has 4 N–H and O–H groups in total. The molecule has 0 saturated carbocycles. The summed E-state index contributed by atoms with van der Waals surface area (Å²) in [6.07, 6.45) is 1.84. The second-order valence-electron chi connectivity index (χ2n) is 11.0. The van der Waals surface area contributed by atoms with Gasteiger partial charge in [-0.1, -0.05) is 58.0 Å². The number of nitrogen functional groups attached to an aromatic ring is 1. The molecular formula is C32H42N4O2. The first-order valence-electron chi connectivity index (χ1n) is 13.6. The van der Waals surface area contributed by atoms with Crippen LogP contribution in [0.4, 0.5) is 21.9 Å². The molecule has 0 aromatic heterocycles. The van der Waals surface area contributed by atoms with E-state index in [1.54, 1.807) is 7.11 Å². The number of nitrogens with zero attached hydrogens (tertiary/aromatic N) is 1. The van der Waals surface area contributed by atoms with Crippen molar-refractivity contribution in [2.75, 3.05) is 42.7 Å². The second kappa shape index (κ2) is 11.8. The van der Waals surface area contributed by atoms with Crippen LogP contribution in [-0.2, 0) is 5.41 Å². The number of para-hydroxylation sites is 1. The fourth-order valence-electron chi connectivity index (χ4n) is 5.53. The van der Waals surface area contributed by atoms with Crippen LogP contribution in [0.25, 0.3) is 0 Å². The normalized spacial score (nSPS) is 15.0. The number of hydrogen-bond acceptors (Lipinski definition) is 4. The molecule has 6 nitrogen and oxygen atoms in total. The Kier molecular flexibility index (Phi) is 8.50. The van der Waals surface area contributed by atoms with Gasteiger partial charge < -0.3 is 26.0 Å². The van der Waals surface area contributed by atoms with Crippen molar-refractivity contribution >= 4 is 23.1 Å². The smallest absolute Gasteiger partial charge is 0.319 e. The molecule has 0 aliphatic carbocycles. The number of rotatable bonds is 8. The van der Waals surface area contributed by atoms with Crippen LogP contribution >= 0.6 is 0 Å². The van der Waals surface area contributed by atoms with Gasteiger partial charge in [0.05, 0.1) is 7.11 Å². The van der Waals surface area contributed by atoms with Gasteiger partial charge in [-0.15, -0.1) is 0 Å². The largest absolute Gasteiger partial charge is 0.497 e. The van der Waals surface area contributed by atoms with E-state index in [-0.39, 0.29) is 23.3 Å². The van der Waals surface area contributed by atoms with Crippen molar-refractivity contribution in [1.29, 1.82) is 0 Å².